The van der Waals surface area contributed by atoms with Gasteiger partial charge < -0.3 is 14.8 Å². The molecule has 0 bridgehead atoms. The van der Waals surface area contributed by atoms with Crippen LogP contribution in [0.4, 0.5) is 5.69 Å². The summed E-state index contributed by atoms with van der Waals surface area (Å²) in [6.45, 7) is 3.67. The number of hydrogen-bond acceptors (Lipinski definition) is 5. The Kier molecular flexibility index (Phi) is 6.17. The van der Waals surface area contributed by atoms with Gasteiger partial charge in [0.1, 0.15) is 23.8 Å². The zero-order valence-corrected chi connectivity index (χ0v) is 17.8. The number of pyridine rings is 1. The van der Waals surface area contributed by atoms with Gasteiger partial charge in [-0.25, -0.2) is 4.98 Å². The average Bonchev–Trinajstić information content (AvgIpc) is 2.80. The number of carbonyl (C=O) groups is 1. The Morgan fingerprint density at radius 1 is 1.06 bits per heavy atom. The van der Waals surface area contributed by atoms with E-state index in [1.165, 1.54) is 10.5 Å². The summed E-state index contributed by atoms with van der Waals surface area (Å²) in [5, 5.41) is 2.84. The van der Waals surface area contributed by atoms with Crippen molar-refractivity contribution in [3.8, 4) is 11.5 Å². The van der Waals surface area contributed by atoms with Crippen molar-refractivity contribution in [2.45, 2.75) is 26.6 Å². The van der Waals surface area contributed by atoms with Crippen LogP contribution in [0.15, 0.2) is 83.8 Å². The molecule has 2 aromatic carbocycles. The van der Waals surface area contributed by atoms with E-state index in [1.54, 1.807) is 43.5 Å². The van der Waals surface area contributed by atoms with Crippen molar-refractivity contribution in [1.82, 2.24) is 9.38 Å². The van der Waals surface area contributed by atoms with Crippen LogP contribution >= 0.6 is 0 Å². The summed E-state index contributed by atoms with van der Waals surface area (Å²) in [4.78, 5) is 29.6. The number of nitrogens with one attached hydrogen (secondary N) is 1. The zero-order chi connectivity index (χ0) is 22.5. The number of amides is 1. The first-order chi connectivity index (χ1) is 15.5. The monoisotopic (exact) mass is 429 g/mol. The van der Waals surface area contributed by atoms with Crippen LogP contribution < -0.4 is 20.3 Å². The minimum absolute atomic E-state index is 0.0863. The first kappa shape index (κ1) is 21.1. The number of para-hydroxylation sites is 3. The van der Waals surface area contributed by atoms with Gasteiger partial charge in [-0.1, -0.05) is 36.4 Å². The molecule has 0 radical (unpaired) electrons. The van der Waals surface area contributed by atoms with Crippen LogP contribution in [0.1, 0.15) is 18.2 Å². The smallest absolute Gasteiger partial charge is 0.265 e. The fourth-order valence-corrected chi connectivity index (χ4v) is 3.22. The van der Waals surface area contributed by atoms with Gasteiger partial charge in [0.05, 0.1) is 11.4 Å². The van der Waals surface area contributed by atoms with Gasteiger partial charge in [-0.05, 0) is 49.7 Å². The third-order valence-corrected chi connectivity index (χ3v) is 4.89. The highest BCUT2D eigenvalue weighted by Gasteiger charge is 2.17. The summed E-state index contributed by atoms with van der Waals surface area (Å²) >= 11 is 0. The Hall–Kier alpha value is -4.13. The number of aryl methyl sites for hydroxylation is 1. The lowest BCUT2D eigenvalue weighted by molar-refractivity contribution is -0.122. The molecule has 0 saturated heterocycles. The van der Waals surface area contributed by atoms with Gasteiger partial charge in [-0.15, -0.1) is 0 Å². The molecule has 162 valence electrons. The molecule has 7 heteroatoms. The van der Waals surface area contributed by atoms with E-state index in [0.29, 0.717) is 28.5 Å². The second-order valence-corrected chi connectivity index (χ2v) is 7.32. The Balaban J connectivity index is 1.47. The van der Waals surface area contributed by atoms with E-state index in [2.05, 4.69) is 10.3 Å². The Morgan fingerprint density at radius 2 is 1.81 bits per heavy atom. The highest BCUT2D eigenvalue weighted by atomic mass is 16.5. The van der Waals surface area contributed by atoms with E-state index < -0.39 is 6.10 Å². The Morgan fingerprint density at radius 3 is 2.62 bits per heavy atom. The van der Waals surface area contributed by atoms with E-state index >= 15 is 0 Å². The molecule has 4 rings (SSSR count). The third-order valence-electron chi connectivity index (χ3n) is 4.89. The van der Waals surface area contributed by atoms with E-state index in [1.807, 2.05) is 43.3 Å². The van der Waals surface area contributed by atoms with Crippen molar-refractivity contribution in [1.29, 1.82) is 0 Å². The topological polar surface area (TPSA) is 81.9 Å². The van der Waals surface area contributed by atoms with Gasteiger partial charge in [-0.2, -0.15) is 0 Å². The number of nitrogens with zero attached hydrogens (tertiary/aromatic N) is 2. The van der Waals surface area contributed by atoms with Crippen LogP contribution in [0.3, 0.4) is 0 Å². The number of aromatic nitrogens is 2. The maximum absolute atomic E-state index is 12.6. The van der Waals surface area contributed by atoms with Crippen molar-refractivity contribution in [2.75, 3.05) is 5.32 Å². The summed E-state index contributed by atoms with van der Waals surface area (Å²) in [7, 11) is 0. The molecule has 0 aliphatic rings. The quantitative estimate of drug-likeness (QED) is 0.480. The average molecular weight is 429 g/mol. The molecule has 1 unspecified atom stereocenters. The van der Waals surface area contributed by atoms with E-state index in [0.717, 1.165) is 5.56 Å². The first-order valence-electron chi connectivity index (χ1n) is 10.2. The summed E-state index contributed by atoms with van der Waals surface area (Å²) in [6.07, 6.45) is 0.988. The second-order valence-electron chi connectivity index (χ2n) is 7.32. The highest BCUT2D eigenvalue weighted by molar-refractivity contribution is 5.95. The number of anilines is 1. The second kappa shape index (κ2) is 9.34. The minimum Gasteiger partial charge on any atom is -0.485 e. The van der Waals surface area contributed by atoms with Gasteiger partial charge in [0.15, 0.2) is 6.10 Å². The summed E-state index contributed by atoms with van der Waals surface area (Å²) < 4.78 is 13.1. The molecular formula is C25H23N3O4. The molecular weight excluding hydrogens is 406 g/mol. The lowest BCUT2D eigenvalue weighted by Crippen LogP contribution is -2.30. The Bertz CT molecular complexity index is 1300. The number of carbonyl (C=O) groups excluding carboxylic acids is 1. The van der Waals surface area contributed by atoms with Gasteiger partial charge in [-0.3, -0.25) is 14.0 Å². The Labute approximate surface area is 185 Å². The standard InChI is InChI=1S/C25H23N3O4/c1-17-9-8-14-28-23(29)15-19(26-24(17)28)16-31-22-13-7-6-12-21(22)27-25(30)18(2)32-20-10-4-3-5-11-20/h3-15,18H,16H2,1-2H3,(H,27,30). The molecule has 0 aliphatic heterocycles. The SMILES string of the molecule is Cc1cccn2c(=O)cc(COc3ccccc3NC(=O)C(C)Oc3ccccc3)nc12. The number of hydrogen-bond donors (Lipinski definition) is 1. The summed E-state index contributed by atoms with van der Waals surface area (Å²) in [6, 6.07) is 21.4. The number of rotatable bonds is 7. The molecule has 7 nitrogen and oxygen atoms in total. The predicted molar refractivity (Wildman–Crippen MR) is 122 cm³/mol. The fourth-order valence-electron chi connectivity index (χ4n) is 3.22. The minimum atomic E-state index is -0.698. The maximum atomic E-state index is 12.6. The van der Waals surface area contributed by atoms with Crippen LogP contribution in [0, 0.1) is 6.92 Å². The van der Waals surface area contributed by atoms with E-state index in [-0.39, 0.29) is 18.1 Å². The van der Waals surface area contributed by atoms with Crippen molar-refractivity contribution < 1.29 is 14.3 Å². The van der Waals surface area contributed by atoms with Crippen molar-refractivity contribution in [3.63, 3.8) is 0 Å². The first-order valence-corrected chi connectivity index (χ1v) is 10.2. The normalized spacial score (nSPS) is 11.7. The summed E-state index contributed by atoms with van der Waals surface area (Å²) in [5.41, 5.74) is 2.32. The molecule has 0 saturated carbocycles. The molecule has 2 heterocycles. The lowest BCUT2D eigenvalue weighted by Gasteiger charge is -2.17. The largest absolute Gasteiger partial charge is 0.485 e. The molecule has 0 aliphatic carbocycles. The van der Waals surface area contributed by atoms with Crippen LogP contribution in [0.25, 0.3) is 5.65 Å². The molecule has 1 atom stereocenters. The third kappa shape index (κ3) is 4.78. The highest BCUT2D eigenvalue weighted by Crippen LogP contribution is 2.25. The number of fused-ring (bicyclic) bond motifs is 1. The maximum Gasteiger partial charge on any atom is 0.265 e. The predicted octanol–water partition coefficient (Wildman–Crippen LogP) is 3.99. The van der Waals surface area contributed by atoms with Gasteiger partial charge in [0.2, 0.25) is 0 Å². The van der Waals surface area contributed by atoms with Gasteiger partial charge >= 0.3 is 0 Å². The van der Waals surface area contributed by atoms with Crippen LogP contribution in [0.5, 0.6) is 11.5 Å². The van der Waals surface area contributed by atoms with Crippen LogP contribution in [0.2, 0.25) is 0 Å². The van der Waals surface area contributed by atoms with Crippen LogP contribution in [-0.2, 0) is 11.4 Å². The fraction of sp³-hybridized carbons (Fsp3) is 0.160. The molecule has 2 aromatic heterocycles. The molecule has 1 amide bonds. The summed E-state index contributed by atoms with van der Waals surface area (Å²) in [5.74, 6) is 0.783. The molecule has 1 N–H and O–H groups in total. The van der Waals surface area contributed by atoms with E-state index in [4.69, 9.17) is 9.47 Å². The molecule has 4 aromatic rings. The zero-order valence-electron chi connectivity index (χ0n) is 17.8. The number of benzene rings is 2. The molecule has 0 spiro atoms. The van der Waals surface area contributed by atoms with Gasteiger partial charge in [0, 0.05) is 12.3 Å². The van der Waals surface area contributed by atoms with Crippen molar-refractivity contribution >= 4 is 17.2 Å². The van der Waals surface area contributed by atoms with Gasteiger partial charge in [0.25, 0.3) is 11.5 Å². The van der Waals surface area contributed by atoms with Crippen molar-refractivity contribution in [2.24, 2.45) is 0 Å². The van der Waals surface area contributed by atoms with E-state index in [9.17, 15) is 9.59 Å². The lowest BCUT2D eigenvalue weighted by atomic mass is 10.2. The molecule has 32 heavy (non-hydrogen) atoms. The van der Waals surface area contributed by atoms with Crippen molar-refractivity contribution in [3.05, 3.63) is 101 Å². The number of ether oxygens (including phenoxy) is 2. The molecule has 0 fully saturated rings. The van der Waals surface area contributed by atoms with Crippen LogP contribution in [-0.4, -0.2) is 21.4 Å².